The molecular weight excluding hydrogens is 664 g/mol. The summed E-state index contributed by atoms with van der Waals surface area (Å²) in [6.07, 6.45) is 8.93. The zero-order valence-corrected chi connectivity index (χ0v) is 27.2. The number of rotatable bonds is 14. The second-order valence-corrected chi connectivity index (χ2v) is 12.3. The number of anilines is 2. The Kier molecular flexibility index (Phi) is 12.0. The molecule has 0 aliphatic rings. The Morgan fingerprint density at radius 1 is 0.976 bits per heavy atom. The van der Waals surface area contributed by atoms with E-state index in [2.05, 4.69) is 78.7 Å². The number of hydrogen-bond donors (Lipinski definition) is 2. The zero-order valence-electron chi connectivity index (χ0n) is 23.3. The molecule has 3 aromatic carbocycles. The summed E-state index contributed by atoms with van der Waals surface area (Å²) in [5, 5.41) is 10.3. The van der Waals surface area contributed by atoms with Gasteiger partial charge in [0.05, 0.1) is 27.5 Å². The highest BCUT2D eigenvalue weighted by Crippen LogP contribution is 2.34. The Morgan fingerprint density at radius 3 is 2.37 bits per heavy atom. The minimum absolute atomic E-state index is 0.287. The van der Waals surface area contributed by atoms with Crippen LogP contribution in [0.4, 0.5) is 10.8 Å². The van der Waals surface area contributed by atoms with Crippen LogP contribution in [0.15, 0.2) is 80.1 Å². The van der Waals surface area contributed by atoms with Gasteiger partial charge < -0.3 is 10.1 Å². The first-order valence-electron chi connectivity index (χ1n) is 13.8. The monoisotopic (exact) mass is 696 g/mol. The number of hydrazone groups is 1. The van der Waals surface area contributed by atoms with Gasteiger partial charge in [-0.05, 0) is 87.2 Å². The van der Waals surface area contributed by atoms with Crippen molar-refractivity contribution in [2.24, 2.45) is 5.10 Å². The predicted octanol–water partition coefficient (Wildman–Crippen LogP) is 9.89. The number of amides is 1. The SMILES string of the molecule is CCCCCCCCOc1c(Br)cc(/C=N/NC(=O)c2ccc(-c3csc(Nc4ccc(C)cc4)n3)cc2)cc1Br. The van der Waals surface area contributed by atoms with E-state index in [4.69, 9.17) is 4.74 Å². The molecule has 0 saturated heterocycles. The van der Waals surface area contributed by atoms with Crippen molar-refractivity contribution in [1.29, 1.82) is 0 Å². The van der Waals surface area contributed by atoms with Gasteiger partial charge in [-0.15, -0.1) is 11.3 Å². The highest BCUT2D eigenvalue weighted by molar-refractivity contribution is 9.11. The standard InChI is InChI=1S/C32H34Br2N4O2S/c1-3-4-5-6-7-8-17-40-30-27(33)18-23(19-28(30)34)20-35-38-31(39)25-13-11-24(12-14-25)29-21-41-32(37-29)36-26-15-9-22(2)10-16-26/h9-16,18-21H,3-8,17H2,1-2H3,(H,36,37)(H,38,39)/b35-20+. The first-order chi connectivity index (χ1) is 19.9. The maximum Gasteiger partial charge on any atom is 0.271 e. The van der Waals surface area contributed by atoms with Crippen molar-refractivity contribution in [3.05, 3.63) is 91.7 Å². The molecule has 0 unspecified atom stereocenters. The van der Waals surface area contributed by atoms with Gasteiger partial charge >= 0.3 is 0 Å². The number of unbranched alkanes of at least 4 members (excludes halogenated alkanes) is 5. The quantitative estimate of drug-likeness (QED) is 0.0781. The fraction of sp³-hybridized carbons (Fsp3) is 0.281. The fourth-order valence-corrected chi connectivity index (χ4v) is 6.29. The largest absolute Gasteiger partial charge is 0.491 e. The van der Waals surface area contributed by atoms with Gasteiger partial charge in [0.25, 0.3) is 5.91 Å². The average molecular weight is 699 g/mol. The molecule has 4 aromatic rings. The van der Waals surface area contributed by atoms with Gasteiger partial charge in [0.2, 0.25) is 0 Å². The number of hydrogen-bond acceptors (Lipinski definition) is 6. The van der Waals surface area contributed by atoms with Crippen LogP contribution in [0.3, 0.4) is 0 Å². The number of aryl methyl sites for hydroxylation is 1. The smallest absolute Gasteiger partial charge is 0.271 e. The molecule has 0 fully saturated rings. The second-order valence-electron chi connectivity index (χ2n) is 9.74. The number of aromatic nitrogens is 1. The summed E-state index contributed by atoms with van der Waals surface area (Å²) >= 11 is 8.72. The molecule has 0 aliphatic carbocycles. The first kappa shape index (κ1) is 30.9. The highest BCUT2D eigenvalue weighted by atomic mass is 79.9. The van der Waals surface area contributed by atoms with Gasteiger partial charge in [0, 0.05) is 22.2 Å². The molecule has 214 valence electrons. The van der Waals surface area contributed by atoms with Crippen LogP contribution >= 0.6 is 43.2 Å². The lowest BCUT2D eigenvalue weighted by Crippen LogP contribution is -2.17. The number of benzene rings is 3. The van der Waals surface area contributed by atoms with E-state index in [0.717, 1.165) is 48.8 Å². The van der Waals surface area contributed by atoms with E-state index in [-0.39, 0.29) is 5.91 Å². The number of thiazole rings is 1. The maximum absolute atomic E-state index is 12.6. The van der Waals surface area contributed by atoms with Crippen molar-refractivity contribution in [2.75, 3.05) is 11.9 Å². The average Bonchev–Trinajstić information content (AvgIpc) is 3.43. The Balaban J connectivity index is 1.27. The van der Waals surface area contributed by atoms with E-state index in [1.54, 1.807) is 18.3 Å². The summed E-state index contributed by atoms with van der Waals surface area (Å²) in [4.78, 5) is 17.3. The van der Waals surface area contributed by atoms with Crippen molar-refractivity contribution < 1.29 is 9.53 Å². The lowest BCUT2D eigenvalue weighted by Gasteiger charge is -2.11. The molecule has 0 bridgehead atoms. The summed E-state index contributed by atoms with van der Waals surface area (Å²) in [5.74, 6) is 0.489. The molecule has 0 saturated carbocycles. The Labute approximate surface area is 262 Å². The van der Waals surface area contributed by atoms with Crippen LogP contribution < -0.4 is 15.5 Å². The number of ether oxygens (including phenoxy) is 1. The lowest BCUT2D eigenvalue weighted by atomic mass is 10.1. The lowest BCUT2D eigenvalue weighted by molar-refractivity contribution is 0.0955. The van der Waals surface area contributed by atoms with Crippen LogP contribution in [0.2, 0.25) is 0 Å². The van der Waals surface area contributed by atoms with E-state index in [0.29, 0.717) is 12.2 Å². The van der Waals surface area contributed by atoms with E-state index in [1.165, 1.54) is 49.0 Å². The molecule has 1 aromatic heterocycles. The van der Waals surface area contributed by atoms with Crippen molar-refractivity contribution >= 4 is 66.1 Å². The van der Waals surface area contributed by atoms with Gasteiger partial charge in [0.1, 0.15) is 5.75 Å². The Morgan fingerprint density at radius 2 is 1.66 bits per heavy atom. The molecule has 4 rings (SSSR count). The molecule has 0 aliphatic heterocycles. The third-order valence-corrected chi connectivity index (χ3v) is 8.33. The van der Waals surface area contributed by atoms with Crippen molar-refractivity contribution in [3.8, 4) is 17.0 Å². The molecule has 0 atom stereocenters. The highest BCUT2D eigenvalue weighted by Gasteiger charge is 2.10. The zero-order chi connectivity index (χ0) is 29.0. The van der Waals surface area contributed by atoms with E-state index in [1.807, 2.05) is 41.8 Å². The predicted molar refractivity (Wildman–Crippen MR) is 178 cm³/mol. The van der Waals surface area contributed by atoms with Gasteiger partial charge in [-0.3, -0.25) is 4.79 Å². The van der Waals surface area contributed by atoms with Crippen LogP contribution in [-0.2, 0) is 0 Å². The van der Waals surface area contributed by atoms with E-state index >= 15 is 0 Å². The Bertz CT molecular complexity index is 1430. The summed E-state index contributed by atoms with van der Waals surface area (Å²) in [5.41, 5.74) is 7.94. The van der Waals surface area contributed by atoms with Crippen molar-refractivity contribution in [1.82, 2.24) is 10.4 Å². The molecule has 9 heteroatoms. The molecule has 41 heavy (non-hydrogen) atoms. The van der Waals surface area contributed by atoms with Crippen LogP contribution in [0.25, 0.3) is 11.3 Å². The second kappa shape index (κ2) is 15.8. The van der Waals surface area contributed by atoms with Crippen LogP contribution in [0.1, 0.15) is 66.9 Å². The number of carbonyl (C=O) groups excluding carboxylic acids is 1. The molecular formula is C32H34Br2N4O2S. The van der Waals surface area contributed by atoms with E-state index in [9.17, 15) is 4.79 Å². The Hall–Kier alpha value is -3.01. The third kappa shape index (κ3) is 9.51. The number of halogens is 2. The van der Waals surface area contributed by atoms with Gasteiger partial charge in [0.15, 0.2) is 5.13 Å². The van der Waals surface area contributed by atoms with Crippen LogP contribution in [-0.4, -0.2) is 23.7 Å². The summed E-state index contributed by atoms with van der Waals surface area (Å²) < 4.78 is 7.66. The minimum Gasteiger partial charge on any atom is -0.491 e. The summed E-state index contributed by atoms with van der Waals surface area (Å²) in [6.45, 7) is 4.97. The van der Waals surface area contributed by atoms with Gasteiger partial charge in [-0.1, -0.05) is 68.9 Å². The molecule has 2 N–H and O–H groups in total. The summed E-state index contributed by atoms with van der Waals surface area (Å²) in [6, 6.07) is 19.4. The fourth-order valence-electron chi connectivity index (χ4n) is 4.10. The molecule has 0 spiro atoms. The number of carbonyl (C=O) groups is 1. The summed E-state index contributed by atoms with van der Waals surface area (Å²) in [7, 11) is 0. The normalized spacial score (nSPS) is 11.1. The number of nitrogens with one attached hydrogen (secondary N) is 2. The topological polar surface area (TPSA) is 75.6 Å². The van der Waals surface area contributed by atoms with E-state index < -0.39 is 0 Å². The molecule has 1 heterocycles. The van der Waals surface area contributed by atoms with Crippen molar-refractivity contribution in [3.63, 3.8) is 0 Å². The van der Waals surface area contributed by atoms with Crippen molar-refractivity contribution in [2.45, 2.75) is 52.4 Å². The first-order valence-corrected chi connectivity index (χ1v) is 16.2. The minimum atomic E-state index is -0.287. The van der Waals surface area contributed by atoms with Gasteiger partial charge in [-0.25, -0.2) is 10.4 Å². The van der Waals surface area contributed by atoms with Crippen LogP contribution in [0.5, 0.6) is 5.75 Å². The number of nitrogens with zero attached hydrogens (tertiary/aromatic N) is 2. The molecule has 6 nitrogen and oxygen atoms in total. The van der Waals surface area contributed by atoms with Crippen LogP contribution in [0, 0.1) is 6.92 Å². The van der Waals surface area contributed by atoms with Gasteiger partial charge in [-0.2, -0.15) is 5.10 Å². The molecule has 0 radical (unpaired) electrons. The maximum atomic E-state index is 12.6. The molecule has 1 amide bonds. The third-order valence-electron chi connectivity index (χ3n) is 6.39.